The minimum absolute atomic E-state index is 0.0449. The van der Waals surface area contributed by atoms with Gasteiger partial charge >= 0.3 is 12.4 Å². The number of H-pyrrole nitrogens is 1. The van der Waals surface area contributed by atoms with Gasteiger partial charge in [-0.25, -0.2) is 0 Å². The van der Waals surface area contributed by atoms with E-state index in [-0.39, 0.29) is 18.7 Å². The number of hydrogen-bond acceptors (Lipinski definition) is 3. The number of piperazine rings is 1. The van der Waals surface area contributed by atoms with Gasteiger partial charge in [-0.3, -0.25) is 9.78 Å². The highest BCUT2D eigenvalue weighted by molar-refractivity contribution is 5.95. The van der Waals surface area contributed by atoms with Crippen LogP contribution in [0.1, 0.15) is 45.6 Å². The van der Waals surface area contributed by atoms with Gasteiger partial charge in [-0.1, -0.05) is 24.3 Å². The summed E-state index contributed by atoms with van der Waals surface area (Å²) in [6.07, 6.45) is -2.84. The lowest BCUT2D eigenvalue weighted by Gasteiger charge is -2.48. The van der Waals surface area contributed by atoms with Gasteiger partial charge in [0.15, 0.2) is 0 Å². The predicted octanol–water partition coefficient (Wildman–Crippen LogP) is 7.17. The number of nitrogens with zero attached hydrogens (tertiary/aromatic N) is 3. The minimum Gasteiger partial charge on any atom is -0.370 e. The van der Waals surface area contributed by atoms with Crippen molar-refractivity contribution in [2.45, 2.75) is 43.7 Å². The highest BCUT2D eigenvalue weighted by Gasteiger charge is 2.41. The molecule has 0 saturated carbocycles. The van der Waals surface area contributed by atoms with Crippen molar-refractivity contribution in [2.24, 2.45) is 0 Å². The molecule has 42 heavy (non-hydrogen) atoms. The standard InChI is InChI=1S/C31H26F6N4O/c32-30(33,34)22-11-20(12-23(14-22)31(35,36)37)29(42)41-18-24-9-8-19(27-6-3-4-10-38-27)16-40(24)17-25(41)13-21-15-39-28-7-2-1-5-26(21)28/h1-7,10-12,14-16,24-25,39H,8-9,13,17-18H2/t24-,25-/m1/s1. The first-order valence-electron chi connectivity index (χ1n) is 13.5. The van der Waals surface area contributed by atoms with E-state index in [1.54, 1.807) is 6.20 Å². The first-order chi connectivity index (χ1) is 20.0. The molecule has 0 spiro atoms. The molecule has 2 aromatic carbocycles. The summed E-state index contributed by atoms with van der Waals surface area (Å²) in [6.45, 7) is 0.521. The average Bonchev–Trinajstić information content (AvgIpc) is 3.38. The van der Waals surface area contributed by atoms with Crippen LogP contribution in [0, 0.1) is 0 Å². The van der Waals surface area contributed by atoms with E-state index < -0.39 is 41.0 Å². The number of rotatable bonds is 4. The van der Waals surface area contributed by atoms with Crippen molar-refractivity contribution in [3.63, 3.8) is 0 Å². The summed E-state index contributed by atoms with van der Waals surface area (Å²) >= 11 is 0. The molecule has 4 heterocycles. The van der Waals surface area contributed by atoms with E-state index in [2.05, 4.69) is 14.9 Å². The van der Waals surface area contributed by atoms with Crippen LogP contribution in [0.4, 0.5) is 26.3 Å². The molecule has 1 N–H and O–H groups in total. The zero-order chi connectivity index (χ0) is 29.6. The maximum absolute atomic E-state index is 13.9. The van der Waals surface area contributed by atoms with E-state index in [1.165, 1.54) is 4.90 Å². The van der Waals surface area contributed by atoms with Gasteiger partial charge in [-0.2, -0.15) is 26.3 Å². The number of aromatic amines is 1. The second-order valence-electron chi connectivity index (χ2n) is 10.7. The van der Waals surface area contributed by atoms with Crippen molar-refractivity contribution in [2.75, 3.05) is 13.1 Å². The summed E-state index contributed by atoms with van der Waals surface area (Å²) in [4.78, 5) is 25.1. The Bertz CT molecular complexity index is 1610. The van der Waals surface area contributed by atoms with Crippen LogP contribution in [-0.4, -0.2) is 50.8 Å². The molecule has 4 aromatic rings. The molecule has 0 bridgehead atoms. The van der Waals surface area contributed by atoms with Crippen molar-refractivity contribution in [1.82, 2.24) is 19.8 Å². The molecule has 2 aromatic heterocycles. The summed E-state index contributed by atoms with van der Waals surface area (Å²) in [5.41, 5.74) is 0.0209. The normalized spacial score (nSPS) is 19.5. The first kappa shape index (κ1) is 27.9. The Kier molecular flexibility index (Phi) is 6.98. The van der Waals surface area contributed by atoms with Gasteiger partial charge in [-0.05, 0) is 66.8 Å². The number of nitrogens with one attached hydrogen (secondary N) is 1. The fourth-order valence-corrected chi connectivity index (χ4v) is 5.94. The molecule has 1 amide bonds. The number of alkyl halides is 6. The van der Waals surface area contributed by atoms with Crippen LogP contribution in [0.5, 0.6) is 0 Å². The smallest absolute Gasteiger partial charge is 0.370 e. The SMILES string of the molecule is O=C(c1cc(C(F)(F)F)cc(C(F)(F)F)c1)N1C[C@H]2CCC(c3ccccn3)=CN2C[C@H]1Cc1c[nH]c2ccccc12. The second kappa shape index (κ2) is 10.5. The quantitative estimate of drug-likeness (QED) is 0.259. The third-order valence-electron chi connectivity index (χ3n) is 8.03. The summed E-state index contributed by atoms with van der Waals surface area (Å²) in [5, 5.41) is 0.939. The highest BCUT2D eigenvalue weighted by Crippen LogP contribution is 2.38. The molecular weight excluding hydrogens is 558 g/mol. The van der Waals surface area contributed by atoms with E-state index >= 15 is 0 Å². The monoisotopic (exact) mass is 584 g/mol. The van der Waals surface area contributed by atoms with E-state index in [0.717, 1.165) is 27.7 Å². The number of halogens is 6. The van der Waals surface area contributed by atoms with Crippen LogP contribution in [0.15, 0.2) is 79.3 Å². The molecule has 5 nitrogen and oxygen atoms in total. The van der Waals surface area contributed by atoms with E-state index in [9.17, 15) is 31.1 Å². The van der Waals surface area contributed by atoms with E-state index in [1.807, 2.05) is 54.9 Å². The third-order valence-corrected chi connectivity index (χ3v) is 8.03. The summed E-state index contributed by atoms with van der Waals surface area (Å²) in [7, 11) is 0. The Balaban J connectivity index is 1.38. The molecular formula is C31H26F6N4O. The number of aromatic nitrogens is 2. The predicted molar refractivity (Wildman–Crippen MR) is 145 cm³/mol. The number of fused-ring (bicyclic) bond motifs is 2. The number of hydrogen-bond donors (Lipinski definition) is 1. The third kappa shape index (κ3) is 5.47. The van der Waals surface area contributed by atoms with Gasteiger partial charge in [0.25, 0.3) is 5.91 Å². The molecule has 11 heteroatoms. The maximum atomic E-state index is 13.9. The van der Waals surface area contributed by atoms with Gasteiger partial charge < -0.3 is 14.8 Å². The molecule has 6 rings (SSSR count). The van der Waals surface area contributed by atoms with Gasteiger partial charge in [0.1, 0.15) is 0 Å². The fourth-order valence-electron chi connectivity index (χ4n) is 5.94. The van der Waals surface area contributed by atoms with Gasteiger partial charge in [-0.15, -0.1) is 0 Å². The largest absolute Gasteiger partial charge is 0.416 e. The Morgan fingerprint density at radius 1 is 0.929 bits per heavy atom. The Hall–Kier alpha value is -4.28. The molecule has 2 atom stereocenters. The van der Waals surface area contributed by atoms with Gasteiger partial charge in [0.05, 0.1) is 22.9 Å². The molecule has 1 saturated heterocycles. The Morgan fingerprint density at radius 3 is 2.33 bits per heavy atom. The van der Waals surface area contributed by atoms with Crippen LogP contribution < -0.4 is 0 Å². The van der Waals surface area contributed by atoms with Crippen LogP contribution in [-0.2, 0) is 18.8 Å². The zero-order valence-electron chi connectivity index (χ0n) is 22.2. The Labute approximate surface area is 237 Å². The number of carbonyl (C=O) groups excluding carboxylic acids is 1. The fraction of sp³-hybridized carbons (Fsp3) is 0.290. The van der Waals surface area contributed by atoms with Crippen molar-refractivity contribution >= 4 is 22.4 Å². The number of amides is 1. The second-order valence-corrected chi connectivity index (χ2v) is 10.7. The maximum Gasteiger partial charge on any atom is 0.416 e. The number of pyridine rings is 1. The van der Waals surface area contributed by atoms with Crippen LogP contribution in [0.3, 0.4) is 0 Å². The lowest BCUT2D eigenvalue weighted by atomic mass is 9.91. The van der Waals surface area contributed by atoms with Crippen molar-refractivity contribution < 1.29 is 31.1 Å². The number of para-hydroxylation sites is 1. The van der Waals surface area contributed by atoms with Crippen molar-refractivity contribution in [3.05, 3.63) is 107 Å². The zero-order valence-corrected chi connectivity index (χ0v) is 22.2. The summed E-state index contributed by atoms with van der Waals surface area (Å²) < 4.78 is 81.6. The average molecular weight is 585 g/mol. The molecule has 1 fully saturated rings. The number of allylic oxidation sites excluding steroid dienone is 1. The molecule has 2 aliphatic rings. The van der Waals surface area contributed by atoms with Crippen molar-refractivity contribution in [3.8, 4) is 0 Å². The van der Waals surface area contributed by atoms with Gasteiger partial charge in [0, 0.05) is 54.2 Å². The van der Waals surface area contributed by atoms with Crippen LogP contribution in [0.25, 0.3) is 16.5 Å². The lowest BCUT2D eigenvalue weighted by molar-refractivity contribution is -0.143. The summed E-state index contributed by atoms with van der Waals surface area (Å²) in [6, 6.07) is 13.7. The van der Waals surface area contributed by atoms with Crippen LogP contribution >= 0.6 is 0 Å². The first-order valence-corrected chi connectivity index (χ1v) is 13.5. The minimum atomic E-state index is -5.05. The molecule has 0 aliphatic carbocycles. The number of carbonyl (C=O) groups is 1. The lowest BCUT2D eigenvalue weighted by Crippen LogP contribution is -2.59. The Morgan fingerprint density at radius 2 is 1.64 bits per heavy atom. The highest BCUT2D eigenvalue weighted by atomic mass is 19.4. The topological polar surface area (TPSA) is 52.2 Å². The molecule has 2 aliphatic heterocycles. The van der Waals surface area contributed by atoms with Crippen LogP contribution in [0.2, 0.25) is 0 Å². The van der Waals surface area contributed by atoms with E-state index in [0.29, 0.717) is 37.9 Å². The van der Waals surface area contributed by atoms with Gasteiger partial charge in [0.2, 0.25) is 0 Å². The van der Waals surface area contributed by atoms with E-state index in [4.69, 9.17) is 0 Å². The molecule has 0 unspecified atom stereocenters. The number of benzene rings is 2. The molecule has 218 valence electrons. The summed E-state index contributed by atoms with van der Waals surface area (Å²) in [5.74, 6) is -0.851. The van der Waals surface area contributed by atoms with Crippen molar-refractivity contribution in [1.29, 1.82) is 0 Å². The molecule has 0 radical (unpaired) electrons.